The second-order valence-electron chi connectivity index (χ2n) is 7.86. The second-order valence-corrected chi connectivity index (χ2v) is 8.89. The summed E-state index contributed by atoms with van der Waals surface area (Å²) in [6, 6.07) is 15.9. The molecule has 0 aliphatic heterocycles. The number of hydrogen-bond donors (Lipinski definition) is 4. The van der Waals surface area contributed by atoms with E-state index in [1.54, 1.807) is 58.8 Å². The minimum atomic E-state index is -4.64. The van der Waals surface area contributed by atoms with Crippen molar-refractivity contribution in [2.45, 2.75) is 11.8 Å². The summed E-state index contributed by atoms with van der Waals surface area (Å²) >= 11 is 0. The Morgan fingerprint density at radius 3 is 1.67 bits per heavy atom. The van der Waals surface area contributed by atoms with Crippen LogP contribution in [-0.2, 0) is 4.57 Å². The molecule has 0 fully saturated rings. The number of aromatic hydroxyl groups is 1. The molecule has 1 aliphatic carbocycles. The number of carbonyl (C=O) groups excluding carboxylic acids is 1. The van der Waals surface area contributed by atoms with Gasteiger partial charge < -0.3 is 38.7 Å². The van der Waals surface area contributed by atoms with Crippen molar-refractivity contribution in [3.63, 3.8) is 0 Å². The van der Waals surface area contributed by atoms with Crippen molar-refractivity contribution in [1.29, 1.82) is 0 Å². The van der Waals surface area contributed by atoms with Crippen molar-refractivity contribution in [1.82, 2.24) is 0 Å². The molecule has 0 bridgehead atoms. The highest BCUT2D eigenvalue weighted by atomic mass is 31.2. The number of ether oxygens (including phenoxy) is 4. The van der Waals surface area contributed by atoms with E-state index in [0.717, 1.165) is 16.7 Å². The molecule has 10 nitrogen and oxygen atoms in total. The van der Waals surface area contributed by atoms with Crippen LogP contribution in [0, 0.1) is 0 Å². The van der Waals surface area contributed by atoms with Crippen LogP contribution in [0.5, 0.6) is 28.7 Å². The normalized spacial score (nSPS) is 16.5. The number of phenols is 1. The molecule has 36 heavy (non-hydrogen) atoms. The molecule has 0 saturated carbocycles. The predicted octanol–water partition coefficient (Wildman–Crippen LogP) is 3.61. The Bertz CT molecular complexity index is 1250. The molecule has 0 amide bonds. The van der Waals surface area contributed by atoms with E-state index in [1.165, 1.54) is 0 Å². The minimum Gasteiger partial charge on any atom is -0.508 e. The summed E-state index contributed by atoms with van der Waals surface area (Å²) in [4.78, 5) is 35.3. The first-order valence-electron chi connectivity index (χ1n) is 10.6. The van der Waals surface area contributed by atoms with Gasteiger partial charge in [-0.1, -0.05) is 12.1 Å². The summed E-state index contributed by atoms with van der Waals surface area (Å²) < 4.78 is 30.8. The van der Waals surface area contributed by atoms with Gasteiger partial charge in [0, 0.05) is 29.2 Å². The van der Waals surface area contributed by atoms with E-state index >= 15 is 0 Å². The van der Waals surface area contributed by atoms with Gasteiger partial charge in [-0.2, -0.15) is 0 Å². The molecule has 3 aromatic rings. The van der Waals surface area contributed by atoms with E-state index in [4.69, 9.17) is 38.2 Å². The Kier molecular flexibility index (Phi) is 8.27. The second kappa shape index (κ2) is 11.0. The number of Topliss-reactive ketones (excluding diaryl/α,β-unsaturated/α-hetero) is 1. The summed E-state index contributed by atoms with van der Waals surface area (Å²) in [5.74, 6) is 1.62. The lowest BCUT2D eigenvalue weighted by Gasteiger charge is -2.22. The van der Waals surface area contributed by atoms with E-state index in [-0.39, 0.29) is 17.5 Å². The van der Waals surface area contributed by atoms with Crippen molar-refractivity contribution in [2.75, 3.05) is 28.4 Å². The largest absolute Gasteiger partial charge is 0.508 e. The van der Waals surface area contributed by atoms with Gasteiger partial charge in [0.1, 0.15) is 28.7 Å². The Balaban J connectivity index is 0.000000658. The standard InChI is InChI=1S/C25H24O6.H3O4P/c1-28-17-9-15(10-18(11-17)29-2)23-22(14-5-7-16(26)8-6-14)24-20(25(23)27)12-19(30-3)13-21(24)31-4;1-5(2,3)4/h5-13,22-23,26H,1-4H3;(H3,1,2,3,4). The molecule has 2 atom stereocenters. The smallest absolute Gasteiger partial charge is 0.466 e. The lowest BCUT2D eigenvalue weighted by molar-refractivity contribution is 0.0967. The third-order valence-electron chi connectivity index (χ3n) is 5.75. The number of hydrogen-bond acceptors (Lipinski definition) is 7. The van der Waals surface area contributed by atoms with Crippen molar-refractivity contribution in [3.05, 3.63) is 76.9 Å². The van der Waals surface area contributed by atoms with Crippen LogP contribution in [0.4, 0.5) is 0 Å². The third kappa shape index (κ3) is 5.98. The zero-order valence-corrected chi connectivity index (χ0v) is 20.9. The average Bonchev–Trinajstić information content (AvgIpc) is 3.14. The van der Waals surface area contributed by atoms with Gasteiger partial charge in [-0.15, -0.1) is 0 Å². The zero-order chi connectivity index (χ0) is 26.6. The molecular weight excluding hydrogens is 491 g/mol. The quantitative estimate of drug-likeness (QED) is 0.356. The van der Waals surface area contributed by atoms with E-state index in [1.807, 2.05) is 24.3 Å². The Hall–Kier alpha value is -3.56. The van der Waals surface area contributed by atoms with Crippen molar-refractivity contribution < 1.29 is 48.1 Å². The first-order valence-corrected chi connectivity index (χ1v) is 12.2. The van der Waals surface area contributed by atoms with Crippen LogP contribution in [0.25, 0.3) is 0 Å². The van der Waals surface area contributed by atoms with Crippen LogP contribution >= 0.6 is 7.82 Å². The number of benzene rings is 3. The number of carbonyl (C=O) groups is 1. The summed E-state index contributed by atoms with van der Waals surface area (Å²) in [5.41, 5.74) is 3.02. The van der Waals surface area contributed by atoms with Gasteiger partial charge in [0.25, 0.3) is 0 Å². The number of phenolic OH excluding ortho intramolecular Hbond substituents is 1. The average molecular weight is 518 g/mol. The molecule has 0 aromatic heterocycles. The molecule has 0 spiro atoms. The maximum Gasteiger partial charge on any atom is 0.466 e. The molecular formula is C25H27O10P. The van der Waals surface area contributed by atoms with Gasteiger partial charge in [-0.25, -0.2) is 4.57 Å². The van der Waals surface area contributed by atoms with Gasteiger partial charge in [-0.05, 0) is 41.5 Å². The number of rotatable bonds is 6. The maximum absolute atomic E-state index is 13.7. The number of fused-ring (bicyclic) bond motifs is 1. The molecule has 2 unspecified atom stereocenters. The van der Waals surface area contributed by atoms with E-state index < -0.39 is 13.7 Å². The van der Waals surface area contributed by atoms with E-state index in [9.17, 15) is 9.90 Å². The molecule has 3 aromatic carbocycles. The van der Waals surface area contributed by atoms with Crippen molar-refractivity contribution in [3.8, 4) is 28.7 Å². The van der Waals surface area contributed by atoms with Gasteiger partial charge >= 0.3 is 7.82 Å². The number of phosphoric acid groups is 1. The van der Waals surface area contributed by atoms with Gasteiger partial charge in [0.15, 0.2) is 5.78 Å². The molecule has 0 saturated heterocycles. The fraction of sp³-hybridized carbons (Fsp3) is 0.240. The van der Waals surface area contributed by atoms with Crippen LogP contribution in [-0.4, -0.2) is 54.0 Å². The third-order valence-corrected chi connectivity index (χ3v) is 5.75. The number of methoxy groups -OCH3 is 4. The topological polar surface area (TPSA) is 152 Å². The van der Waals surface area contributed by atoms with Gasteiger partial charge in [0.2, 0.25) is 0 Å². The minimum absolute atomic E-state index is 0.0411. The lowest BCUT2D eigenvalue weighted by atomic mass is 9.81. The Labute approximate surface area is 207 Å². The first-order chi connectivity index (χ1) is 17.0. The molecule has 4 rings (SSSR count). The Morgan fingerprint density at radius 2 is 1.19 bits per heavy atom. The molecule has 4 N–H and O–H groups in total. The molecule has 192 valence electrons. The highest BCUT2D eigenvalue weighted by Gasteiger charge is 2.44. The molecule has 1 aliphatic rings. The van der Waals surface area contributed by atoms with Crippen LogP contribution in [0.1, 0.15) is 38.9 Å². The summed E-state index contributed by atoms with van der Waals surface area (Å²) in [5, 5.41) is 9.79. The van der Waals surface area contributed by atoms with Crippen LogP contribution in [0.15, 0.2) is 54.6 Å². The monoisotopic (exact) mass is 518 g/mol. The summed E-state index contributed by atoms with van der Waals surface area (Å²) in [6.45, 7) is 0. The van der Waals surface area contributed by atoms with E-state index in [2.05, 4.69) is 0 Å². The van der Waals surface area contributed by atoms with Gasteiger partial charge in [-0.3, -0.25) is 4.79 Å². The molecule has 0 heterocycles. The molecule has 0 radical (unpaired) electrons. The predicted molar refractivity (Wildman–Crippen MR) is 130 cm³/mol. The summed E-state index contributed by atoms with van der Waals surface area (Å²) in [6.07, 6.45) is 0. The fourth-order valence-corrected chi connectivity index (χ4v) is 4.29. The van der Waals surface area contributed by atoms with Crippen molar-refractivity contribution in [2.24, 2.45) is 0 Å². The Morgan fingerprint density at radius 1 is 0.694 bits per heavy atom. The lowest BCUT2D eigenvalue weighted by Crippen LogP contribution is -2.13. The number of ketones is 1. The van der Waals surface area contributed by atoms with Crippen LogP contribution in [0.3, 0.4) is 0 Å². The van der Waals surface area contributed by atoms with E-state index in [0.29, 0.717) is 28.6 Å². The van der Waals surface area contributed by atoms with Crippen LogP contribution in [0.2, 0.25) is 0 Å². The first kappa shape index (κ1) is 27.0. The highest BCUT2D eigenvalue weighted by Crippen LogP contribution is 2.53. The molecule has 11 heteroatoms. The van der Waals surface area contributed by atoms with Gasteiger partial charge in [0.05, 0.1) is 34.4 Å². The zero-order valence-electron chi connectivity index (χ0n) is 20.0. The SMILES string of the molecule is COc1cc(OC)cc(C2C(=O)c3cc(OC)cc(OC)c3C2c2ccc(O)cc2)c1.O=P(O)(O)O. The summed E-state index contributed by atoms with van der Waals surface area (Å²) in [7, 11) is 1.65. The van der Waals surface area contributed by atoms with Crippen LogP contribution < -0.4 is 18.9 Å². The maximum atomic E-state index is 13.7. The van der Waals surface area contributed by atoms with Crippen molar-refractivity contribution >= 4 is 13.6 Å². The highest BCUT2D eigenvalue weighted by molar-refractivity contribution is 7.45. The fourth-order valence-electron chi connectivity index (χ4n) is 4.29.